The van der Waals surface area contributed by atoms with Crippen molar-refractivity contribution in [2.24, 2.45) is 0 Å². The van der Waals surface area contributed by atoms with Crippen LogP contribution in [0, 0.1) is 0 Å². The number of amides is 2. The van der Waals surface area contributed by atoms with Crippen molar-refractivity contribution in [3.05, 3.63) is 28.2 Å². The summed E-state index contributed by atoms with van der Waals surface area (Å²) in [4.78, 5) is 13.8. The molecule has 2 rings (SSSR count). The van der Waals surface area contributed by atoms with E-state index in [1.807, 2.05) is 7.05 Å². The van der Waals surface area contributed by atoms with Crippen LogP contribution in [0.25, 0.3) is 0 Å². The molecule has 0 spiro atoms. The minimum absolute atomic E-state index is 0.132. The van der Waals surface area contributed by atoms with Gasteiger partial charge in [0.2, 0.25) is 0 Å². The molecule has 1 unspecified atom stereocenters. The number of nitrogens with one attached hydrogen (secondary N) is 2. The van der Waals surface area contributed by atoms with Crippen molar-refractivity contribution in [2.75, 3.05) is 25.5 Å². The highest BCUT2D eigenvalue weighted by Gasteiger charge is 2.21. The number of anilines is 1. The minimum atomic E-state index is -0.132. The van der Waals surface area contributed by atoms with Crippen molar-refractivity contribution >= 4 is 34.9 Å². The van der Waals surface area contributed by atoms with Gasteiger partial charge in [-0.1, -0.05) is 23.2 Å². The predicted octanol–water partition coefficient (Wildman–Crippen LogP) is 3.21. The molecule has 0 bridgehead atoms. The fourth-order valence-electron chi connectivity index (χ4n) is 2.12. The van der Waals surface area contributed by atoms with Crippen LogP contribution in [0.4, 0.5) is 10.5 Å². The monoisotopic (exact) mass is 301 g/mol. The molecule has 1 heterocycles. The first-order chi connectivity index (χ1) is 9.08. The van der Waals surface area contributed by atoms with Gasteiger partial charge in [-0.2, -0.15) is 0 Å². The van der Waals surface area contributed by atoms with E-state index in [-0.39, 0.29) is 12.1 Å². The van der Waals surface area contributed by atoms with Crippen molar-refractivity contribution < 1.29 is 4.79 Å². The third-order valence-corrected chi connectivity index (χ3v) is 4.05. The van der Waals surface area contributed by atoms with Crippen molar-refractivity contribution in [2.45, 2.75) is 18.9 Å². The first-order valence-electron chi connectivity index (χ1n) is 6.27. The Bertz CT molecular complexity index is 461. The topological polar surface area (TPSA) is 44.4 Å². The third kappa shape index (κ3) is 3.75. The molecule has 0 aromatic heterocycles. The van der Waals surface area contributed by atoms with Gasteiger partial charge in [-0.25, -0.2) is 4.79 Å². The summed E-state index contributed by atoms with van der Waals surface area (Å²) in [6, 6.07) is 5.15. The molecule has 104 valence electrons. The largest absolute Gasteiger partial charge is 0.323 e. The molecule has 2 amide bonds. The van der Waals surface area contributed by atoms with Crippen LogP contribution in [0.15, 0.2) is 18.2 Å². The molecule has 1 aromatic carbocycles. The summed E-state index contributed by atoms with van der Waals surface area (Å²) < 4.78 is 0. The van der Waals surface area contributed by atoms with Crippen LogP contribution in [-0.2, 0) is 0 Å². The Morgan fingerprint density at radius 2 is 2.21 bits per heavy atom. The van der Waals surface area contributed by atoms with Crippen LogP contribution in [0.2, 0.25) is 10.0 Å². The van der Waals surface area contributed by atoms with E-state index in [1.54, 1.807) is 23.1 Å². The zero-order valence-corrected chi connectivity index (χ0v) is 12.3. The van der Waals surface area contributed by atoms with Gasteiger partial charge in [0.25, 0.3) is 0 Å². The molecule has 1 atom stereocenters. The van der Waals surface area contributed by atoms with E-state index in [2.05, 4.69) is 10.6 Å². The zero-order valence-electron chi connectivity index (χ0n) is 10.7. The van der Waals surface area contributed by atoms with E-state index < -0.39 is 0 Å². The first-order valence-corrected chi connectivity index (χ1v) is 7.03. The lowest BCUT2D eigenvalue weighted by Crippen LogP contribution is -2.48. The SMILES string of the molecule is CN(C(=O)Nc1ccc(Cl)c(Cl)c1)C1CCCNC1. The number of likely N-dealkylation sites (N-methyl/N-ethyl adjacent to an activating group) is 1. The number of carbonyl (C=O) groups is 1. The second kappa shape index (κ2) is 6.46. The molecule has 0 aliphatic carbocycles. The summed E-state index contributed by atoms with van der Waals surface area (Å²) in [5.41, 5.74) is 0.648. The number of carbonyl (C=O) groups excluding carboxylic acids is 1. The molecular formula is C13H17Cl2N3O. The van der Waals surface area contributed by atoms with Gasteiger partial charge in [-0.05, 0) is 37.6 Å². The second-order valence-electron chi connectivity index (χ2n) is 4.67. The first kappa shape index (κ1) is 14.4. The Kier molecular flexibility index (Phi) is 4.91. The van der Waals surface area contributed by atoms with Crippen LogP contribution in [0.3, 0.4) is 0 Å². The average molecular weight is 302 g/mol. The van der Waals surface area contributed by atoms with Gasteiger partial charge in [0.15, 0.2) is 0 Å². The van der Waals surface area contributed by atoms with E-state index in [1.165, 1.54) is 0 Å². The molecule has 0 radical (unpaired) electrons. The molecule has 1 saturated heterocycles. The summed E-state index contributed by atoms with van der Waals surface area (Å²) in [7, 11) is 1.81. The predicted molar refractivity (Wildman–Crippen MR) is 79.1 cm³/mol. The lowest BCUT2D eigenvalue weighted by molar-refractivity contribution is 0.191. The van der Waals surface area contributed by atoms with E-state index >= 15 is 0 Å². The second-order valence-corrected chi connectivity index (χ2v) is 5.48. The molecule has 4 nitrogen and oxygen atoms in total. The van der Waals surface area contributed by atoms with Crippen LogP contribution < -0.4 is 10.6 Å². The van der Waals surface area contributed by atoms with Gasteiger partial charge in [-0.3, -0.25) is 0 Å². The lowest BCUT2D eigenvalue weighted by Gasteiger charge is -2.31. The maximum absolute atomic E-state index is 12.1. The van der Waals surface area contributed by atoms with Crippen LogP contribution in [0.5, 0.6) is 0 Å². The van der Waals surface area contributed by atoms with Crippen molar-refractivity contribution in [1.29, 1.82) is 0 Å². The van der Waals surface area contributed by atoms with Crippen molar-refractivity contribution in [1.82, 2.24) is 10.2 Å². The number of benzene rings is 1. The number of urea groups is 1. The van der Waals surface area contributed by atoms with Gasteiger partial charge >= 0.3 is 6.03 Å². The van der Waals surface area contributed by atoms with Crippen LogP contribution >= 0.6 is 23.2 Å². The molecular weight excluding hydrogens is 285 g/mol. The number of halogens is 2. The van der Waals surface area contributed by atoms with Crippen LogP contribution in [0.1, 0.15) is 12.8 Å². The smallest absolute Gasteiger partial charge is 0.321 e. The van der Waals surface area contributed by atoms with Crippen molar-refractivity contribution in [3.63, 3.8) is 0 Å². The Morgan fingerprint density at radius 3 is 2.84 bits per heavy atom. The number of piperidine rings is 1. The Morgan fingerprint density at radius 1 is 1.42 bits per heavy atom. The number of nitrogens with zero attached hydrogens (tertiary/aromatic N) is 1. The lowest BCUT2D eigenvalue weighted by atomic mass is 10.1. The van der Waals surface area contributed by atoms with Crippen LogP contribution in [-0.4, -0.2) is 37.1 Å². The van der Waals surface area contributed by atoms with E-state index in [9.17, 15) is 4.79 Å². The van der Waals surface area contributed by atoms with Gasteiger partial charge < -0.3 is 15.5 Å². The molecule has 1 aliphatic heterocycles. The summed E-state index contributed by atoms with van der Waals surface area (Å²) in [5.74, 6) is 0. The Balaban J connectivity index is 1.97. The van der Waals surface area contributed by atoms with Gasteiger partial charge in [-0.15, -0.1) is 0 Å². The van der Waals surface area contributed by atoms with Gasteiger partial charge in [0, 0.05) is 25.3 Å². The summed E-state index contributed by atoms with van der Waals surface area (Å²) in [5, 5.41) is 7.02. The average Bonchev–Trinajstić information content (AvgIpc) is 2.43. The summed E-state index contributed by atoms with van der Waals surface area (Å²) in [6.07, 6.45) is 2.12. The summed E-state index contributed by atoms with van der Waals surface area (Å²) >= 11 is 11.8. The number of rotatable bonds is 2. The number of hydrogen-bond acceptors (Lipinski definition) is 2. The third-order valence-electron chi connectivity index (χ3n) is 3.31. The zero-order chi connectivity index (χ0) is 13.8. The molecule has 0 saturated carbocycles. The fourth-order valence-corrected chi connectivity index (χ4v) is 2.41. The molecule has 1 aliphatic rings. The Labute approximate surface area is 123 Å². The van der Waals surface area contributed by atoms with E-state index in [0.717, 1.165) is 25.9 Å². The normalized spacial score (nSPS) is 19.0. The molecule has 6 heteroatoms. The highest BCUT2D eigenvalue weighted by molar-refractivity contribution is 6.42. The maximum atomic E-state index is 12.1. The van der Waals surface area contributed by atoms with E-state index in [4.69, 9.17) is 23.2 Å². The summed E-state index contributed by atoms with van der Waals surface area (Å²) in [6.45, 7) is 1.87. The van der Waals surface area contributed by atoms with Gasteiger partial charge in [0.1, 0.15) is 0 Å². The van der Waals surface area contributed by atoms with Crippen molar-refractivity contribution in [3.8, 4) is 0 Å². The minimum Gasteiger partial charge on any atom is -0.323 e. The Hall–Kier alpha value is -0.970. The number of hydrogen-bond donors (Lipinski definition) is 2. The molecule has 2 N–H and O–H groups in total. The molecule has 1 aromatic rings. The van der Waals surface area contributed by atoms with E-state index in [0.29, 0.717) is 15.7 Å². The maximum Gasteiger partial charge on any atom is 0.321 e. The fraction of sp³-hybridized carbons (Fsp3) is 0.462. The molecule has 19 heavy (non-hydrogen) atoms. The highest BCUT2D eigenvalue weighted by atomic mass is 35.5. The standard InChI is InChI=1S/C13H17Cl2N3O/c1-18(10-3-2-6-16-8-10)13(19)17-9-4-5-11(14)12(15)7-9/h4-5,7,10,16H,2-3,6,8H2,1H3,(H,17,19). The highest BCUT2D eigenvalue weighted by Crippen LogP contribution is 2.25. The van der Waals surface area contributed by atoms with Gasteiger partial charge in [0.05, 0.1) is 10.0 Å². The quantitative estimate of drug-likeness (QED) is 0.881. The molecule has 1 fully saturated rings.